The number of Topliss-reactive ketones (excluding diaryl/α,β-unsaturated/α-hetero) is 1. The molecule has 1 aliphatic rings. The van der Waals surface area contributed by atoms with Crippen LogP contribution in [0.4, 0.5) is 19.0 Å². The highest BCUT2D eigenvalue weighted by Gasteiger charge is 2.45. The largest absolute Gasteiger partial charge is 0.460 e. The Labute approximate surface area is 198 Å². The molecule has 2 heterocycles. The van der Waals surface area contributed by atoms with Crippen molar-refractivity contribution in [3.05, 3.63) is 46.6 Å². The summed E-state index contributed by atoms with van der Waals surface area (Å²) in [6, 6.07) is 8.50. The normalized spacial score (nSPS) is 13.9. The number of carbonyl (C=O) groups is 3. The molecule has 1 saturated heterocycles. The molecule has 1 aliphatic heterocycles. The van der Waals surface area contributed by atoms with Gasteiger partial charge in [0.25, 0.3) is 11.8 Å². The summed E-state index contributed by atoms with van der Waals surface area (Å²) in [6.07, 6.45) is -3.71. The smallest absolute Gasteiger partial charge is 0.352 e. The molecule has 2 amide bonds. The van der Waals surface area contributed by atoms with Crippen molar-refractivity contribution in [3.8, 4) is 17.2 Å². The minimum Gasteiger partial charge on any atom is -0.352 e. The first-order chi connectivity index (χ1) is 15.9. The maximum absolute atomic E-state index is 12.5. The number of nitriles is 1. The van der Waals surface area contributed by atoms with E-state index in [1.54, 1.807) is 43.3 Å². The Bertz CT molecular complexity index is 1190. The molecule has 0 atom stereocenters. The van der Waals surface area contributed by atoms with Gasteiger partial charge in [-0.1, -0.05) is 17.7 Å². The number of carbonyl (C=O) groups excluding carboxylic acids is 3. The number of alkyl halides is 3. The molecule has 12 heteroatoms. The van der Waals surface area contributed by atoms with E-state index < -0.39 is 17.9 Å². The van der Waals surface area contributed by atoms with E-state index >= 15 is 0 Å². The highest BCUT2D eigenvalue weighted by atomic mass is 35.5. The topological polar surface area (TPSA) is 97.6 Å². The van der Waals surface area contributed by atoms with Crippen LogP contribution in [0.15, 0.2) is 30.5 Å². The van der Waals surface area contributed by atoms with Gasteiger partial charge in [0.2, 0.25) is 0 Å². The Morgan fingerprint density at radius 3 is 2.26 bits per heavy atom. The molecule has 1 aromatic heterocycles. The van der Waals surface area contributed by atoms with Crippen LogP contribution in [-0.4, -0.2) is 78.8 Å². The molecule has 0 saturated carbocycles. The second-order valence-electron chi connectivity index (χ2n) is 7.71. The SMILES string of the molecule is CN(C)C(=O)c1ccc(-c2cnc(N3CCN(C(=O)C(=O)C(F)(F)F)CC3)c(C#N)c2)cc1Cl. The zero-order valence-electron chi connectivity index (χ0n) is 18.2. The van der Waals surface area contributed by atoms with E-state index in [9.17, 15) is 32.8 Å². The first kappa shape index (κ1) is 25.0. The van der Waals surface area contributed by atoms with Gasteiger partial charge in [-0.25, -0.2) is 4.98 Å². The number of halogens is 4. The number of ketones is 1. The van der Waals surface area contributed by atoms with Gasteiger partial charge in [-0.05, 0) is 23.8 Å². The molecule has 2 aromatic rings. The Hall–Kier alpha value is -3.65. The molecular formula is C22H19ClF3N5O3. The van der Waals surface area contributed by atoms with Gasteiger partial charge in [0, 0.05) is 52.0 Å². The monoisotopic (exact) mass is 493 g/mol. The summed E-state index contributed by atoms with van der Waals surface area (Å²) in [7, 11) is 3.22. The van der Waals surface area contributed by atoms with Crippen LogP contribution in [0.2, 0.25) is 5.02 Å². The van der Waals surface area contributed by atoms with Gasteiger partial charge in [0.05, 0.1) is 16.1 Å². The quantitative estimate of drug-likeness (QED) is 0.608. The van der Waals surface area contributed by atoms with E-state index in [0.29, 0.717) is 22.5 Å². The Balaban J connectivity index is 1.78. The number of amides is 2. The molecule has 1 aromatic carbocycles. The zero-order chi connectivity index (χ0) is 25.2. The second-order valence-corrected chi connectivity index (χ2v) is 8.11. The van der Waals surface area contributed by atoms with Gasteiger partial charge >= 0.3 is 12.0 Å². The van der Waals surface area contributed by atoms with Crippen molar-refractivity contribution in [1.29, 1.82) is 5.26 Å². The van der Waals surface area contributed by atoms with Crippen LogP contribution in [0.1, 0.15) is 15.9 Å². The standard InChI is InChI=1S/C22H19ClF3N5O3/c1-29(2)20(33)16-4-3-13(10-17(16)23)15-9-14(11-27)19(28-12-15)30-5-7-31(8-6-30)21(34)18(32)22(24,25)26/h3-4,9-10,12H,5-8H2,1-2H3. The van der Waals surface area contributed by atoms with Gasteiger partial charge in [-0.15, -0.1) is 0 Å². The molecule has 0 bridgehead atoms. The van der Waals surface area contributed by atoms with E-state index in [2.05, 4.69) is 11.1 Å². The molecule has 0 unspecified atom stereocenters. The lowest BCUT2D eigenvalue weighted by Gasteiger charge is -2.35. The van der Waals surface area contributed by atoms with Crippen LogP contribution < -0.4 is 4.90 Å². The molecule has 0 spiro atoms. The summed E-state index contributed by atoms with van der Waals surface area (Å²) in [5.41, 5.74) is 1.76. The molecule has 178 valence electrons. The number of rotatable bonds is 4. The minimum atomic E-state index is -5.22. The van der Waals surface area contributed by atoms with Crippen LogP contribution in [0.3, 0.4) is 0 Å². The van der Waals surface area contributed by atoms with Gasteiger partial charge < -0.3 is 14.7 Å². The fraction of sp³-hybridized carbons (Fsp3) is 0.318. The van der Waals surface area contributed by atoms with Crippen molar-refractivity contribution in [1.82, 2.24) is 14.8 Å². The zero-order valence-corrected chi connectivity index (χ0v) is 18.9. The number of nitrogens with zero attached hydrogens (tertiary/aromatic N) is 5. The van der Waals surface area contributed by atoms with E-state index in [-0.39, 0.29) is 42.7 Å². The lowest BCUT2D eigenvalue weighted by Crippen LogP contribution is -2.53. The lowest BCUT2D eigenvalue weighted by atomic mass is 10.0. The maximum Gasteiger partial charge on any atom is 0.460 e. The molecule has 34 heavy (non-hydrogen) atoms. The first-order valence-corrected chi connectivity index (χ1v) is 10.4. The lowest BCUT2D eigenvalue weighted by molar-refractivity contribution is -0.178. The summed E-state index contributed by atoms with van der Waals surface area (Å²) in [4.78, 5) is 43.4. The second kappa shape index (κ2) is 9.69. The number of hydrogen-bond donors (Lipinski definition) is 0. The number of aromatic nitrogens is 1. The third-order valence-corrected chi connectivity index (χ3v) is 5.56. The highest BCUT2D eigenvalue weighted by molar-refractivity contribution is 6.38. The molecule has 0 N–H and O–H groups in total. The average molecular weight is 494 g/mol. The van der Waals surface area contributed by atoms with E-state index in [1.165, 1.54) is 11.1 Å². The van der Waals surface area contributed by atoms with E-state index in [4.69, 9.17) is 11.6 Å². The molecule has 0 aliphatic carbocycles. The van der Waals surface area contributed by atoms with Crippen LogP contribution >= 0.6 is 11.6 Å². The fourth-order valence-electron chi connectivity index (χ4n) is 3.44. The summed E-state index contributed by atoms with van der Waals surface area (Å²) >= 11 is 6.27. The van der Waals surface area contributed by atoms with Crippen LogP contribution in [0, 0.1) is 11.3 Å². The fourth-order valence-corrected chi connectivity index (χ4v) is 3.71. The summed E-state index contributed by atoms with van der Waals surface area (Å²) in [6.45, 7) is -0.0337. The third kappa shape index (κ3) is 5.12. The molecule has 3 rings (SSSR count). The molecule has 0 radical (unpaired) electrons. The Kier molecular flexibility index (Phi) is 7.12. The van der Waals surface area contributed by atoms with Crippen molar-refractivity contribution >= 4 is 35.0 Å². The third-order valence-electron chi connectivity index (χ3n) is 5.24. The van der Waals surface area contributed by atoms with Gasteiger partial charge in [0.1, 0.15) is 11.9 Å². The first-order valence-electron chi connectivity index (χ1n) is 10.0. The Morgan fingerprint density at radius 2 is 1.74 bits per heavy atom. The predicted octanol–water partition coefficient (Wildman–Crippen LogP) is 2.76. The number of hydrogen-bond acceptors (Lipinski definition) is 6. The van der Waals surface area contributed by atoms with Crippen molar-refractivity contribution in [2.45, 2.75) is 6.18 Å². The summed E-state index contributed by atoms with van der Waals surface area (Å²) in [5.74, 6) is -3.94. The highest BCUT2D eigenvalue weighted by Crippen LogP contribution is 2.29. The maximum atomic E-state index is 12.5. The number of benzene rings is 1. The number of anilines is 1. The number of pyridine rings is 1. The van der Waals surface area contributed by atoms with Crippen LogP contribution in [0.25, 0.3) is 11.1 Å². The van der Waals surface area contributed by atoms with Crippen molar-refractivity contribution < 1.29 is 27.6 Å². The molecule has 1 fully saturated rings. The van der Waals surface area contributed by atoms with E-state index in [1.807, 2.05) is 0 Å². The van der Waals surface area contributed by atoms with Crippen LogP contribution in [0.5, 0.6) is 0 Å². The van der Waals surface area contributed by atoms with Crippen molar-refractivity contribution in [2.75, 3.05) is 45.2 Å². The van der Waals surface area contributed by atoms with Crippen molar-refractivity contribution in [2.24, 2.45) is 0 Å². The number of piperazine rings is 1. The van der Waals surface area contributed by atoms with Gasteiger partial charge in [-0.3, -0.25) is 14.4 Å². The predicted molar refractivity (Wildman–Crippen MR) is 117 cm³/mol. The van der Waals surface area contributed by atoms with Crippen LogP contribution in [-0.2, 0) is 9.59 Å². The average Bonchev–Trinajstić information content (AvgIpc) is 2.81. The molecule has 8 nitrogen and oxygen atoms in total. The summed E-state index contributed by atoms with van der Waals surface area (Å²) < 4.78 is 37.5. The molecular weight excluding hydrogens is 475 g/mol. The summed E-state index contributed by atoms with van der Waals surface area (Å²) in [5, 5.41) is 9.87. The Morgan fingerprint density at radius 1 is 1.09 bits per heavy atom. The van der Waals surface area contributed by atoms with Crippen molar-refractivity contribution in [3.63, 3.8) is 0 Å². The van der Waals surface area contributed by atoms with Gasteiger partial charge in [0.15, 0.2) is 0 Å². The van der Waals surface area contributed by atoms with E-state index in [0.717, 1.165) is 4.90 Å². The van der Waals surface area contributed by atoms with Gasteiger partial charge in [-0.2, -0.15) is 18.4 Å². The minimum absolute atomic E-state index is 0.102.